The molecule has 2 N–H and O–H groups in total. The molecule has 18 heavy (non-hydrogen) atoms. The molecule has 4 nitrogen and oxygen atoms in total. The van der Waals surface area contributed by atoms with Gasteiger partial charge >= 0.3 is 0 Å². The Morgan fingerprint density at radius 3 is 2.56 bits per heavy atom. The molecular formula is C13H21ClN2O2. The number of aliphatic hydroxyl groups excluding tert-OH is 1. The number of rotatable bonds is 8. The van der Waals surface area contributed by atoms with E-state index in [1.807, 2.05) is 38.4 Å². The van der Waals surface area contributed by atoms with Crippen LogP contribution in [-0.2, 0) is 0 Å². The zero-order valence-corrected chi connectivity index (χ0v) is 11.7. The highest BCUT2D eigenvalue weighted by Crippen LogP contribution is 2.15. The largest absolute Gasteiger partial charge is 0.492 e. The number of nitrogens with zero attached hydrogens (tertiary/aromatic N) is 1. The summed E-state index contributed by atoms with van der Waals surface area (Å²) in [6, 6.07) is 7.66. The molecule has 0 aromatic heterocycles. The summed E-state index contributed by atoms with van der Waals surface area (Å²) in [4.78, 5) is 2.07. The monoisotopic (exact) mass is 272 g/mol. The van der Waals surface area contributed by atoms with E-state index in [2.05, 4.69) is 10.2 Å². The molecule has 0 radical (unpaired) electrons. The molecule has 5 heteroatoms. The van der Waals surface area contributed by atoms with Crippen molar-refractivity contribution in [1.82, 2.24) is 4.90 Å². The lowest BCUT2D eigenvalue weighted by atomic mass is 10.3. The molecule has 0 saturated heterocycles. The van der Waals surface area contributed by atoms with Gasteiger partial charge in [0.25, 0.3) is 0 Å². The third-order valence-corrected chi connectivity index (χ3v) is 2.74. The number of hydrogen-bond acceptors (Lipinski definition) is 4. The van der Waals surface area contributed by atoms with Gasteiger partial charge in [0.2, 0.25) is 0 Å². The standard InChI is InChI=1S/C13H21ClN2O2/c1-16(2)7-8-18-13-5-3-11(4-6-13)15-10-12(17)9-14/h3-6,12,15,17H,7-10H2,1-2H3. The van der Waals surface area contributed by atoms with Crippen LogP contribution in [0.4, 0.5) is 5.69 Å². The summed E-state index contributed by atoms with van der Waals surface area (Å²) >= 11 is 5.51. The predicted molar refractivity (Wildman–Crippen MR) is 75.7 cm³/mol. The van der Waals surface area contributed by atoms with Gasteiger partial charge in [0, 0.05) is 18.8 Å². The summed E-state index contributed by atoms with van der Waals surface area (Å²) in [5.74, 6) is 1.08. The maximum absolute atomic E-state index is 9.32. The van der Waals surface area contributed by atoms with Crippen LogP contribution in [0.5, 0.6) is 5.75 Å². The van der Waals surface area contributed by atoms with Crippen molar-refractivity contribution in [3.8, 4) is 5.75 Å². The molecule has 0 heterocycles. The fraction of sp³-hybridized carbons (Fsp3) is 0.538. The maximum atomic E-state index is 9.32. The first-order valence-corrected chi connectivity index (χ1v) is 6.50. The van der Waals surface area contributed by atoms with Gasteiger partial charge in [-0.3, -0.25) is 0 Å². The Kier molecular flexibility index (Phi) is 6.86. The summed E-state index contributed by atoms with van der Waals surface area (Å²) in [7, 11) is 4.02. The van der Waals surface area contributed by atoms with Crippen LogP contribution in [0, 0.1) is 0 Å². The van der Waals surface area contributed by atoms with Crippen LogP contribution in [0.3, 0.4) is 0 Å². The van der Waals surface area contributed by atoms with Crippen LogP contribution in [0.2, 0.25) is 0 Å². The van der Waals surface area contributed by atoms with Gasteiger partial charge in [-0.25, -0.2) is 0 Å². The topological polar surface area (TPSA) is 44.7 Å². The van der Waals surface area contributed by atoms with E-state index < -0.39 is 6.10 Å². The summed E-state index contributed by atoms with van der Waals surface area (Å²) in [5.41, 5.74) is 0.944. The Bertz CT molecular complexity index is 330. The number of likely N-dealkylation sites (N-methyl/N-ethyl adjacent to an activating group) is 1. The molecule has 0 saturated carbocycles. The molecule has 0 fully saturated rings. The average Bonchev–Trinajstić information content (AvgIpc) is 2.37. The van der Waals surface area contributed by atoms with Crippen molar-refractivity contribution in [3.63, 3.8) is 0 Å². The van der Waals surface area contributed by atoms with Crippen LogP contribution < -0.4 is 10.1 Å². The van der Waals surface area contributed by atoms with Gasteiger partial charge in [-0.15, -0.1) is 11.6 Å². The first-order valence-electron chi connectivity index (χ1n) is 5.97. The smallest absolute Gasteiger partial charge is 0.119 e. The molecule has 0 aliphatic rings. The van der Waals surface area contributed by atoms with Gasteiger partial charge in [0.05, 0.1) is 12.0 Å². The summed E-state index contributed by atoms with van der Waals surface area (Å²) in [6.45, 7) is 2.01. The molecule has 0 aliphatic carbocycles. The van der Waals surface area contributed by atoms with Crippen LogP contribution in [0.15, 0.2) is 24.3 Å². The Hall–Kier alpha value is -0.970. The lowest BCUT2D eigenvalue weighted by Gasteiger charge is -2.12. The minimum Gasteiger partial charge on any atom is -0.492 e. The minimum atomic E-state index is -0.525. The highest BCUT2D eigenvalue weighted by Gasteiger charge is 2.01. The van der Waals surface area contributed by atoms with E-state index in [9.17, 15) is 5.11 Å². The fourth-order valence-corrected chi connectivity index (χ4v) is 1.41. The van der Waals surface area contributed by atoms with Crippen LogP contribution in [-0.4, -0.2) is 55.8 Å². The second-order valence-electron chi connectivity index (χ2n) is 4.37. The number of aliphatic hydroxyl groups is 1. The molecule has 1 rings (SSSR count). The molecular weight excluding hydrogens is 252 g/mol. The number of ether oxygens (including phenoxy) is 1. The van der Waals surface area contributed by atoms with E-state index >= 15 is 0 Å². The van der Waals surface area contributed by atoms with Crippen molar-refractivity contribution >= 4 is 17.3 Å². The number of alkyl halides is 1. The SMILES string of the molecule is CN(C)CCOc1ccc(NCC(O)CCl)cc1. The highest BCUT2D eigenvalue weighted by atomic mass is 35.5. The first kappa shape index (κ1) is 15.1. The van der Waals surface area contributed by atoms with E-state index in [1.54, 1.807) is 0 Å². The zero-order valence-electron chi connectivity index (χ0n) is 10.9. The maximum Gasteiger partial charge on any atom is 0.119 e. The molecule has 1 atom stereocenters. The van der Waals surface area contributed by atoms with Gasteiger partial charge in [0.15, 0.2) is 0 Å². The van der Waals surface area contributed by atoms with Gasteiger partial charge in [-0.1, -0.05) is 0 Å². The molecule has 0 aliphatic heterocycles. The Labute approximate surface area is 114 Å². The van der Waals surface area contributed by atoms with Crippen LogP contribution >= 0.6 is 11.6 Å². The Morgan fingerprint density at radius 1 is 1.33 bits per heavy atom. The zero-order chi connectivity index (χ0) is 13.4. The molecule has 1 unspecified atom stereocenters. The lowest BCUT2D eigenvalue weighted by Crippen LogP contribution is -2.20. The van der Waals surface area contributed by atoms with E-state index in [-0.39, 0.29) is 5.88 Å². The minimum absolute atomic E-state index is 0.235. The second-order valence-corrected chi connectivity index (χ2v) is 4.67. The van der Waals surface area contributed by atoms with Crippen LogP contribution in [0.25, 0.3) is 0 Å². The van der Waals surface area contributed by atoms with E-state index in [4.69, 9.17) is 16.3 Å². The van der Waals surface area contributed by atoms with Crippen LogP contribution in [0.1, 0.15) is 0 Å². The van der Waals surface area contributed by atoms with Crippen molar-refractivity contribution in [2.75, 3.05) is 45.0 Å². The molecule has 1 aromatic carbocycles. The molecule has 0 spiro atoms. The fourth-order valence-electron chi connectivity index (χ4n) is 1.31. The van der Waals surface area contributed by atoms with Crippen molar-refractivity contribution in [2.45, 2.75) is 6.10 Å². The van der Waals surface area contributed by atoms with E-state index in [1.165, 1.54) is 0 Å². The highest BCUT2D eigenvalue weighted by molar-refractivity contribution is 6.18. The summed E-state index contributed by atoms with van der Waals surface area (Å²) < 4.78 is 5.58. The third-order valence-electron chi connectivity index (χ3n) is 2.38. The van der Waals surface area contributed by atoms with Crippen molar-refractivity contribution in [3.05, 3.63) is 24.3 Å². The molecule has 1 aromatic rings. The molecule has 102 valence electrons. The van der Waals surface area contributed by atoms with E-state index in [0.29, 0.717) is 13.2 Å². The number of anilines is 1. The summed E-state index contributed by atoms with van der Waals surface area (Å²) in [6.07, 6.45) is -0.525. The number of halogens is 1. The second kappa shape index (κ2) is 8.19. The third kappa shape index (κ3) is 6.10. The molecule has 0 amide bonds. The molecule has 0 bridgehead atoms. The van der Waals surface area contributed by atoms with Gasteiger partial charge < -0.3 is 20.1 Å². The van der Waals surface area contributed by atoms with Gasteiger partial charge in [-0.05, 0) is 38.4 Å². The van der Waals surface area contributed by atoms with Gasteiger partial charge in [-0.2, -0.15) is 0 Å². The number of benzene rings is 1. The first-order chi connectivity index (χ1) is 8.61. The van der Waals surface area contributed by atoms with Gasteiger partial charge in [0.1, 0.15) is 12.4 Å². The summed E-state index contributed by atoms with van der Waals surface area (Å²) in [5, 5.41) is 12.4. The van der Waals surface area contributed by atoms with Crippen molar-refractivity contribution in [1.29, 1.82) is 0 Å². The van der Waals surface area contributed by atoms with Crippen molar-refractivity contribution in [2.24, 2.45) is 0 Å². The Morgan fingerprint density at radius 2 is 2.00 bits per heavy atom. The average molecular weight is 273 g/mol. The number of hydrogen-bond donors (Lipinski definition) is 2. The quantitative estimate of drug-likeness (QED) is 0.706. The van der Waals surface area contributed by atoms with E-state index in [0.717, 1.165) is 18.0 Å². The Balaban J connectivity index is 2.33. The number of nitrogens with one attached hydrogen (secondary N) is 1. The normalized spacial score (nSPS) is 12.5. The van der Waals surface area contributed by atoms with Crippen molar-refractivity contribution < 1.29 is 9.84 Å². The predicted octanol–water partition coefficient (Wildman–Crippen LogP) is 1.64. The lowest BCUT2D eigenvalue weighted by molar-refractivity contribution is 0.211.